The summed E-state index contributed by atoms with van der Waals surface area (Å²) in [6, 6.07) is 13.6. The maximum Gasteiger partial charge on any atom is 0.249 e. The molecule has 0 bridgehead atoms. The van der Waals surface area contributed by atoms with Gasteiger partial charge in [0.15, 0.2) is 11.5 Å². The molecule has 2 heterocycles. The SMILES string of the molecule is COc1cc2c(Nc3ccc(-c4c(C)cccc4C(N)=O)cc3F)ncnc2cc1OCC1CCN(C)CC1. The van der Waals surface area contributed by atoms with E-state index in [1.807, 2.05) is 19.1 Å². The number of ether oxygens (including phenoxy) is 2. The lowest BCUT2D eigenvalue weighted by Gasteiger charge is -2.28. The van der Waals surface area contributed by atoms with Gasteiger partial charge in [-0.3, -0.25) is 4.79 Å². The number of likely N-dealkylation sites (tertiary alicyclic amines) is 1. The van der Waals surface area contributed by atoms with Crippen molar-refractivity contribution in [1.82, 2.24) is 14.9 Å². The van der Waals surface area contributed by atoms with Crippen LogP contribution in [0.2, 0.25) is 0 Å². The Balaban J connectivity index is 1.41. The number of nitrogens with two attached hydrogens (primary N) is 1. The first-order valence-corrected chi connectivity index (χ1v) is 12.9. The maximum absolute atomic E-state index is 15.3. The van der Waals surface area contributed by atoms with Crippen molar-refractivity contribution < 1.29 is 18.7 Å². The van der Waals surface area contributed by atoms with Crippen LogP contribution in [0.3, 0.4) is 0 Å². The molecule has 9 heteroatoms. The Bertz CT molecular complexity index is 1520. The number of rotatable bonds is 8. The highest BCUT2D eigenvalue weighted by molar-refractivity contribution is 6.01. The number of halogens is 1. The zero-order chi connectivity index (χ0) is 27.5. The minimum Gasteiger partial charge on any atom is -0.493 e. The van der Waals surface area contributed by atoms with Crippen molar-refractivity contribution in [1.29, 1.82) is 0 Å². The number of anilines is 2. The van der Waals surface area contributed by atoms with Gasteiger partial charge in [-0.15, -0.1) is 0 Å². The number of nitrogens with one attached hydrogen (secondary N) is 1. The van der Waals surface area contributed by atoms with Crippen molar-refractivity contribution in [3.05, 3.63) is 71.8 Å². The van der Waals surface area contributed by atoms with Crippen LogP contribution in [0.25, 0.3) is 22.0 Å². The zero-order valence-corrected chi connectivity index (χ0v) is 22.3. The van der Waals surface area contributed by atoms with Gasteiger partial charge in [0.05, 0.1) is 24.9 Å². The van der Waals surface area contributed by atoms with E-state index in [1.165, 1.54) is 12.4 Å². The third-order valence-corrected chi connectivity index (χ3v) is 7.28. The van der Waals surface area contributed by atoms with Gasteiger partial charge in [-0.1, -0.05) is 18.2 Å². The summed E-state index contributed by atoms with van der Waals surface area (Å²) < 4.78 is 27.1. The number of hydrogen-bond donors (Lipinski definition) is 2. The monoisotopic (exact) mass is 529 g/mol. The fourth-order valence-corrected chi connectivity index (χ4v) is 5.03. The number of carbonyl (C=O) groups is 1. The standard InChI is InChI=1S/C30H32FN5O3/c1-18-5-4-6-21(29(32)37)28(18)20-7-8-24(23(31)13-20)35-30-22-14-26(38-3)27(15-25(22)33-17-34-30)39-16-19-9-11-36(2)12-10-19/h4-8,13-15,17,19H,9-12,16H2,1-3H3,(H2,32,37)(H,33,34,35). The van der Waals surface area contributed by atoms with Gasteiger partial charge in [0.25, 0.3) is 0 Å². The van der Waals surface area contributed by atoms with Gasteiger partial charge in [0.1, 0.15) is 18.0 Å². The molecule has 39 heavy (non-hydrogen) atoms. The highest BCUT2D eigenvalue weighted by atomic mass is 19.1. The minimum atomic E-state index is -0.563. The van der Waals surface area contributed by atoms with E-state index in [9.17, 15) is 4.79 Å². The Morgan fingerprint density at radius 2 is 1.92 bits per heavy atom. The van der Waals surface area contributed by atoms with Gasteiger partial charge in [0, 0.05) is 17.0 Å². The molecule has 1 aliphatic rings. The number of nitrogens with zero attached hydrogens (tertiary/aromatic N) is 3. The molecule has 202 valence electrons. The number of carbonyl (C=O) groups excluding carboxylic acids is 1. The molecule has 1 aromatic heterocycles. The van der Waals surface area contributed by atoms with Crippen LogP contribution in [0.5, 0.6) is 11.5 Å². The number of aryl methyl sites for hydroxylation is 1. The minimum absolute atomic E-state index is 0.231. The Morgan fingerprint density at radius 3 is 2.64 bits per heavy atom. The summed E-state index contributed by atoms with van der Waals surface area (Å²) in [7, 11) is 3.73. The molecule has 4 aromatic rings. The maximum atomic E-state index is 15.3. The van der Waals surface area contributed by atoms with Gasteiger partial charge in [0.2, 0.25) is 5.91 Å². The van der Waals surface area contributed by atoms with Gasteiger partial charge in [-0.25, -0.2) is 14.4 Å². The highest BCUT2D eigenvalue weighted by Gasteiger charge is 2.20. The number of piperidine rings is 1. The van der Waals surface area contributed by atoms with Crippen LogP contribution in [-0.2, 0) is 0 Å². The molecule has 0 radical (unpaired) electrons. The highest BCUT2D eigenvalue weighted by Crippen LogP contribution is 2.36. The summed E-state index contributed by atoms with van der Waals surface area (Å²) in [6.07, 6.45) is 3.62. The molecular formula is C30H32FN5O3. The molecule has 1 fully saturated rings. The first-order chi connectivity index (χ1) is 18.8. The Morgan fingerprint density at radius 1 is 1.13 bits per heavy atom. The van der Waals surface area contributed by atoms with Crippen LogP contribution < -0.4 is 20.5 Å². The second-order valence-corrected chi connectivity index (χ2v) is 9.98. The Labute approximate surface area is 227 Å². The lowest BCUT2D eigenvalue weighted by molar-refractivity contribution is 0.100. The predicted octanol–water partition coefficient (Wildman–Crippen LogP) is 5.32. The van der Waals surface area contributed by atoms with E-state index in [1.54, 1.807) is 37.4 Å². The molecule has 0 unspecified atom stereocenters. The lowest BCUT2D eigenvalue weighted by Crippen LogP contribution is -2.32. The van der Waals surface area contributed by atoms with E-state index in [2.05, 4.69) is 27.2 Å². The number of primary amides is 1. The fourth-order valence-electron chi connectivity index (χ4n) is 5.03. The van der Waals surface area contributed by atoms with Gasteiger partial charge in [-0.05, 0) is 86.8 Å². The average Bonchev–Trinajstić information content (AvgIpc) is 2.93. The number of amides is 1. The van der Waals surface area contributed by atoms with Crippen molar-refractivity contribution in [3.63, 3.8) is 0 Å². The quantitative estimate of drug-likeness (QED) is 0.319. The van der Waals surface area contributed by atoms with Crippen LogP contribution in [0.1, 0.15) is 28.8 Å². The van der Waals surface area contributed by atoms with Crippen LogP contribution in [0.15, 0.2) is 54.9 Å². The molecule has 0 saturated carbocycles. The van der Waals surface area contributed by atoms with Crippen molar-refractivity contribution in [3.8, 4) is 22.6 Å². The van der Waals surface area contributed by atoms with E-state index >= 15 is 4.39 Å². The first kappa shape index (κ1) is 26.4. The summed E-state index contributed by atoms with van der Waals surface area (Å²) in [4.78, 5) is 23.0. The molecule has 5 rings (SSSR count). The molecule has 0 aliphatic carbocycles. The van der Waals surface area contributed by atoms with Crippen molar-refractivity contribution in [2.75, 3.05) is 39.2 Å². The van der Waals surface area contributed by atoms with Gasteiger partial charge >= 0.3 is 0 Å². The second kappa shape index (κ2) is 11.2. The number of aromatic nitrogens is 2. The van der Waals surface area contributed by atoms with E-state index in [4.69, 9.17) is 15.2 Å². The molecule has 0 spiro atoms. The lowest BCUT2D eigenvalue weighted by atomic mass is 9.94. The summed E-state index contributed by atoms with van der Waals surface area (Å²) in [5.74, 6) is 1.04. The summed E-state index contributed by atoms with van der Waals surface area (Å²) in [5.41, 5.74) is 8.78. The predicted molar refractivity (Wildman–Crippen MR) is 150 cm³/mol. The molecule has 8 nitrogen and oxygen atoms in total. The summed E-state index contributed by atoms with van der Waals surface area (Å²) in [6.45, 7) is 4.61. The van der Waals surface area contributed by atoms with Gasteiger partial charge < -0.3 is 25.4 Å². The third kappa shape index (κ3) is 5.63. The van der Waals surface area contributed by atoms with Gasteiger partial charge in [-0.2, -0.15) is 0 Å². The number of benzene rings is 3. The Kier molecular flexibility index (Phi) is 7.60. The topological polar surface area (TPSA) is 103 Å². The molecule has 1 aliphatic heterocycles. The third-order valence-electron chi connectivity index (χ3n) is 7.28. The van der Waals surface area contributed by atoms with E-state index in [0.29, 0.717) is 57.4 Å². The van der Waals surface area contributed by atoms with Crippen LogP contribution in [-0.4, -0.2) is 54.6 Å². The molecule has 3 aromatic carbocycles. The molecule has 0 atom stereocenters. The zero-order valence-electron chi connectivity index (χ0n) is 22.3. The Hall–Kier alpha value is -4.24. The summed E-state index contributed by atoms with van der Waals surface area (Å²) >= 11 is 0. The molecule has 1 saturated heterocycles. The number of fused-ring (bicyclic) bond motifs is 1. The van der Waals surface area contributed by atoms with Crippen LogP contribution >= 0.6 is 0 Å². The number of methoxy groups -OCH3 is 1. The van der Waals surface area contributed by atoms with Crippen LogP contribution in [0, 0.1) is 18.7 Å². The molecule has 1 amide bonds. The normalized spacial score (nSPS) is 14.4. The van der Waals surface area contributed by atoms with Crippen molar-refractivity contribution in [2.24, 2.45) is 11.7 Å². The second-order valence-electron chi connectivity index (χ2n) is 9.98. The summed E-state index contributed by atoms with van der Waals surface area (Å²) in [5, 5.41) is 3.75. The van der Waals surface area contributed by atoms with E-state index < -0.39 is 11.7 Å². The van der Waals surface area contributed by atoms with Crippen molar-refractivity contribution >= 4 is 28.3 Å². The molecule has 3 N–H and O–H groups in total. The van der Waals surface area contributed by atoms with Crippen molar-refractivity contribution in [2.45, 2.75) is 19.8 Å². The van der Waals surface area contributed by atoms with E-state index in [0.717, 1.165) is 31.5 Å². The first-order valence-electron chi connectivity index (χ1n) is 12.9. The average molecular weight is 530 g/mol. The largest absolute Gasteiger partial charge is 0.493 e. The smallest absolute Gasteiger partial charge is 0.249 e. The molecular weight excluding hydrogens is 497 g/mol. The number of hydrogen-bond acceptors (Lipinski definition) is 7. The van der Waals surface area contributed by atoms with E-state index in [-0.39, 0.29) is 5.69 Å². The van der Waals surface area contributed by atoms with Crippen LogP contribution in [0.4, 0.5) is 15.9 Å². The fraction of sp³-hybridized carbons (Fsp3) is 0.300.